The van der Waals surface area contributed by atoms with Crippen molar-refractivity contribution in [2.75, 3.05) is 0 Å². The lowest BCUT2D eigenvalue weighted by Gasteiger charge is -2.12. The lowest BCUT2D eigenvalue weighted by atomic mass is 10.0. The van der Waals surface area contributed by atoms with Crippen LogP contribution >= 0.6 is 0 Å². The number of halogens is 3. The molecule has 0 fully saturated rings. The molecule has 3 rings (SSSR count). The average molecular weight is 369 g/mol. The quantitative estimate of drug-likeness (QED) is 0.579. The Hall–Kier alpha value is -3.46. The molecule has 0 saturated heterocycles. The van der Waals surface area contributed by atoms with Crippen molar-refractivity contribution < 1.29 is 22.6 Å². The first-order valence-corrected chi connectivity index (χ1v) is 7.94. The predicted molar refractivity (Wildman–Crippen MR) is 95.1 cm³/mol. The average Bonchev–Trinajstić information content (AvgIpc) is 2.67. The highest BCUT2D eigenvalue weighted by atomic mass is 19.4. The largest absolute Gasteiger partial charge is 0.573 e. The van der Waals surface area contributed by atoms with Crippen molar-refractivity contribution in [1.29, 1.82) is 0 Å². The van der Waals surface area contributed by atoms with Crippen LogP contribution in [-0.2, 0) is 6.61 Å². The van der Waals surface area contributed by atoms with Crippen molar-refractivity contribution in [2.24, 2.45) is 0 Å². The maximum atomic E-state index is 12.4. The van der Waals surface area contributed by atoms with Gasteiger partial charge in [-0.15, -0.1) is 19.6 Å². The second kappa shape index (κ2) is 7.83. The SMILES string of the molecule is C#Cc1cc(-c2ccc(OCc3ccccc3)nc2)ccc1OC(F)(F)F. The molecule has 0 aliphatic carbocycles. The maximum absolute atomic E-state index is 12.4. The number of alkyl halides is 3. The monoisotopic (exact) mass is 369 g/mol. The molecule has 0 atom stereocenters. The number of benzene rings is 2. The van der Waals surface area contributed by atoms with Gasteiger partial charge in [-0.25, -0.2) is 4.98 Å². The first kappa shape index (κ1) is 18.3. The van der Waals surface area contributed by atoms with E-state index in [1.807, 2.05) is 30.3 Å². The van der Waals surface area contributed by atoms with Gasteiger partial charge < -0.3 is 9.47 Å². The summed E-state index contributed by atoms with van der Waals surface area (Å²) in [5.41, 5.74) is 2.34. The topological polar surface area (TPSA) is 31.4 Å². The number of aromatic nitrogens is 1. The van der Waals surface area contributed by atoms with Crippen molar-refractivity contribution in [2.45, 2.75) is 13.0 Å². The molecule has 0 saturated carbocycles. The van der Waals surface area contributed by atoms with E-state index in [4.69, 9.17) is 11.2 Å². The lowest BCUT2D eigenvalue weighted by molar-refractivity contribution is -0.274. The van der Waals surface area contributed by atoms with Crippen LogP contribution in [0.25, 0.3) is 11.1 Å². The van der Waals surface area contributed by atoms with Gasteiger partial charge in [0.2, 0.25) is 5.88 Å². The van der Waals surface area contributed by atoms with Gasteiger partial charge >= 0.3 is 6.36 Å². The summed E-state index contributed by atoms with van der Waals surface area (Å²) < 4.78 is 46.8. The van der Waals surface area contributed by atoms with E-state index >= 15 is 0 Å². The summed E-state index contributed by atoms with van der Waals surface area (Å²) in [6, 6.07) is 17.2. The zero-order valence-electron chi connectivity index (χ0n) is 14.0. The van der Waals surface area contributed by atoms with Crippen LogP contribution in [0.1, 0.15) is 11.1 Å². The molecule has 3 aromatic rings. The standard InChI is InChI=1S/C21H14F3NO2/c1-2-16-12-17(8-10-19(16)27-21(22,23)24)18-9-11-20(25-13-18)26-14-15-6-4-3-5-7-15/h1,3-13H,14H2. The molecular formula is C21H14F3NO2. The van der Waals surface area contributed by atoms with Crippen LogP contribution in [0.15, 0.2) is 66.9 Å². The number of ether oxygens (including phenoxy) is 2. The molecule has 1 heterocycles. The summed E-state index contributed by atoms with van der Waals surface area (Å²) in [6.07, 6.45) is 2.07. The number of terminal acetylenes is 1. The van der Waals surface area contributed by atoms with E-state index in [2.05, 4.69) is 15.6 Å². The van der Waals surface area contributed by atoms with Crippen LogP contribution in [0.2, 0.25) is 0 Å². The van der Waals surface area contributed by atoms with E-state index in [1.54, 1.807) is 18.3 Å². The van der Waals surface area contributed by atoms with Gasteiger partial charge in [0.15, 0.2) is 0 Å². The van der Waals surface area contributed by atoms with Crippen molar-refractivity contribution in [3.8, 4) is 35.1 Å². The molecule has 27 heavy (non-hydrogen) atoms. The Labute approximate surface area is 154 Å². The van der Waals surface area contributed by atoms with Crippen molar-refractivity contribution in [1.82, 2.24) is 4.98 Å². The molecule has 6 heteroatoms. The zero-order valence-corrected chi connectivity index (χ0v) is 14.0. The number of pyridine rings is 1. The normalized spacial score (nSPS) is 10.9. The van der Waals surface area contributed by atoms with E-state index in [0.717, 1.165) is 5.56 Å². The first-order chi connectivity index (χ1) is 12.9. The summed E-state index contributed by atoms with van der Waals surface area (Å²) in [7, 11) is 0. The van der Waals surface area contributed by atoms with Crippen LogP contribution < -0.4 is 9.47 Å². The molecule has 1 aromatic heterocycles. The fourth-order valence-corrected chi connectivity index (χ4v) is 2.40. The van der Waals surface area contributed by atoms with Gasteiger partial charge in [0.25, 0.3) is 0 Å². The Balaban J connectivity index is 1.74. The summed E-state index contributed by atoms with van der Waals surface area (Å²) in [6.45, 7) is 0.387. The van der Waals surface area contributed by atoms with E-state index in [0.29, 0.717) is 23.6 Å². The van der Waals surface area contributed by atoms with E-state index in [1.165, 1.54) is 18.2 Å². The maximum Gasteiger partial charge on any atom is 0.573 e. The van der Waals surface area contributed by atoms with Gasteiger partial charge in [0, 0.05) is 17.8 Å². The third-order valence-electron chi connectivity index (χ3n) is 3.66. The van der Waals surface area contributed by atoms with Gasteiger partial charge in [-0.05, 0) is 29.3 Å². The van der Waals surface area contributed by atoms with Gasteiger partial charge in [-0.1, -0.05) is 42.3 Å². The number of hydrogen-bond donors (Lipinski definition) is 0. The van der Waals surface area contributed by atoms with E-state index in [9.17, 15) is 13.2 Å². The summed E-state index contributed by atoms with van der Waals surface area (Å²) in [4.78, 5) is 4.22. The molecule has 0 bridgehead atoms. The van der Waals surface area contributed by atoms with E-state index < -0.39 is 12.1 Å². The van der Waals surface area contributed by atoms with Crippen LogP contribution in [0.5, 0.6) is 11.6 Å². The Morgan fingerprint density at radius 2 is 1.70 bits per heavy atom. The highest BCUT2D eigenvalue weighted by molar-refractivity contribution is 5.67. The third kappa shape index (κ3) is 5.02. The van der Waals surface area contributed by atoms with Crippen LogP contribution in [0.3, 0.4) is 0 Å². The molecule has 0 N–H and O–H groups in total. The van der Waals surface area contributed by atoms with Crippen LogP contribution in [-0.4, -0.2) is 11.3 Å². The van der Waals surface area contributed by atoms with Crippen molar-refractivity contribution in [3.05, 3.63) is 78.0 Å². The van der Waals surface area contributed by atoms with E-state index in [-0.39, 0.29) is 5.56 Å². The van der Waals surface area contributed by atoms with Gasteiger partial charge in [0.05, 0.1) is 5.56 Å². The van der Waals surface area contributed by atoms with Gasteiger partial charge in [-0.2, -0.15) is 0 Å². The smallest absolute Gasteiger partial charge is 0.473 e. The molecule has 0 aliphatic heterocycles. The molecule has 0 unspecified atom stereocenters. The summed E-state index contributed by atoms with van der Waals surface area (Å²) in [5.74, 6) is 2.24. The second-order valence-electron chi connectivity index (χ2n) is 5.56. The number of hydrogen-bond acceptors (Lipinski definition) is 3. The highest BCUT2D eigenvalue weighted by Crippen LogP contribution is 2.30. The lowest BCUT2D eigenvalue weighted by Crippen LogP contribution is -2.17. The predicted octanol–water partition coefficient (Wildman–Crippen LogP) is 5.21. The molecule has 0 spiro atoms. The molecule has 0 radical (unpaired) electrons. The Bertz CT molecular complexity index is 946. The molecule has 136 valence electrons. The fourth-order valence-electron chi connectivity index (χ4n) is 2.40. The van der Waals surface area contributed by atoms with Crippen LogP contribution in [0.4, 0.5) is 13.2 Å². The third-order valence-corrected chi connectivity index (χ3v) is 3.66. The molecule has 0 aliphatic rings. The minimum Gasteiger partial charge on any atom is -0.473 e. The van der Waals surface area contributed by atoms with Gasteiger partial charge in [0.1, 0.15) is 12.4 Å². The minimum atomic E-state index is -4.80. The van der Waals surface area contributed by atoms with Gasteiger partial charge in [-0.3, -0.25) is 0 Å². The molecule has 2 aromatic carbocycles. The van der Waals surface area contributed by atoms with Crippen molar-refractivity contribution in [3.63, 3.8) is 0 Å². The Kier molecular flexibility index (Phi) is 5.32. The number of rotatable bonds is 5. The Morgan fingerprint density at radius 3 is 2.33 bits per heavy atom. The molecule has 3 nitrogen and oxygen atoms in total. The van der Waals surface area contributed by atoms with Crippen molar-refractivity contribution >= 4 is 0 Å². The molecule has 0 amide bonds. The minimum absolute atomic E-state index is 0.00855. The van der Waals surface area contributed by atoms with Crippen LogP contribution in [0, 0.1) is 12.3 Å². The fraction of sp³-hybridized carbons (Fsp3) is 0.0952. The molecular weight excluding hydrogens is 355 g/mol. The highest BCUT2D eigenvalue weighted by Gasteiger charge is 2.32. The first-order valence-electron chi connectivity index (χ1n) is 7.94. The number of nitrogens with zero attached hydrogens (tertiary/aromatic N) is 1. The Morgan fingerprint density at radius 1 is 0.963 bits per heavy atom. The summed E-state index contributed by atoms with van der Waals surface area (Å²) in [5, 5.41) is 0. The second-order valence-corrected chi connectivity index (χ2v) is 5.56. The summed E-state index contributed by atoms with van der Waals surface area (Å²) >= 11 is 0. The zero-order chi connectivity index (χ0) is 19.3.